The lowest BCUT2D eigenvalue weighted by atomic mass is 10.1. The lowest BCUT2D eigenvalue weighted by Gasteiger charge is -2.14. The van der Waals surface area contributed by atoms with E-state index in [-0.39, 0.29) is 29.7 Å². The molecule has 0 aliphatic carbocycles. The van der Waals surface area contributed by atoms with E-state index < -0.39 is 16.1 Å². The lowest BCUT2D eigenvalue weighted by Crippen LogP contribution is -2.38. The van der Waals surface area contributed by atoms with E-state index in [1.807, 2.05) is 37.3 Å². The molecule has 0 aromatic heterocycles. The lowest BCUT2D eigenvalue weighted by molar-refractivity contribution is 0.168. The summed E-state index contributed by atoms with van der Waals surface area (Å²) in [6, 6.07) is 9.54. The fourth-order valence-electron chi connectivity index (χ4n) is 2.11. The van der Waals surface area contributed by atoms with Crippen molar-refractivity contribution in [3.63, 3.8) is 0 Å². The van der Waals surface area contributed by atoms with Gasteiger partial charge in [-0.3, -0.25) is 4.99 Å². The molecule has 0 aliphatic heterocycles. The fraction of sp³-hybridized carbons (Fsp3) is 0.588. The summed E-state index contributed by atoms with van der Waals surface area (Å²) in [6.45, 7) is 5.80. The number of aliphatic imine (C=N–C) groups is 1. The smallest absolute Gasteiger partial charge is 0.211 e. The van der Waals surface area contributed by atoms with Crippen LogP contribution in [0.2, 0.25) is 0 Å². The highest BCUT2D eigenvalue weighted by Crippen LogP contribution is 2.14. The third-order valence-electron chi connectivity index (χ3n) is 3.55. The highest BCUT2D eigenvalue weighted by molar-refractivity contribution is 14.0. The third-order valence-corrected chi connectivity index (χ3v) is 4.95. The first kappa shape index (κ1) is 25.1. The average Bonchev–Trinajstić information content (AvgIpc) is 2.62. The maximum Gasteiger partial charge on any atom is 0.211 e. The molecule has 4 N–H and O–H groups in total. The minimum Gasteiger partial charge on any atom is -0.388 e. The Balaban J connectivity index is 0.00000625. The number of guanidine groups is 1. The van der Waals surface area contributed by atoms with Gasteiger partial charge in [0, 0.05) is 26.2 Å². The SMILES string of the molecule is CCNC(=NCCCNS(=O)(=O)CC)NCCC(O)c1ccccc1.I. The van der Waals surface area contributed by atoms with Gasteiger partial charge in [-0.2, -0.15) is 0 Å². The summed E-state index contributed by atoms with van der Waals surface area (Å²) in [4.78, 5) is 4.41. The van der Waals surface area contributed by atoms with Gasteiger partial charge in [0.2, 0.25) is 10.0 Å². The molecule has 26 heavy (non-hydrogen) atoms. The summed E-state index contributed by atoms with van der Waals surface area (Å²) < 4.78 is 25.2. The molecule has 0 saturated carbocycles. The van der Waals surface area contributed by atoms with Crippen molar-refractivity contribution in [3.05, 3.63) is 35.9 Å². The minimum absolute atomic E-state index is 0. The molecule has 0 aliphatic rings. The van der Waals surface area contributed by atoms with Gasteiger partial charge in [0.05, 0.1) is 11.9 Å². The van der Waals surface area contributed by atoms with Crippen molar-refractivity contribution in [3.8, 4) is 0 Å². The molecule has 1 aromatic rings. The number of hydrogen-bond acceptors (Lipinski definition) is 4. The van der Waals surface area contributed by atoms with E-state index in [1.54, 1.807) is 6.92 Å². The van der Waals surface area contributed by atoms with Crippen LogP contribution in [0.1, 0.15) is 38.4 Å². The maximum atomic E-state index is 11.3. The molecule has 0 bridgehead atoms. The monoisotopic (exact) mass is 498 g/mol. The second-order valence-electron chi connectivity index (χ2n) is 5.55. The van der Waals surface area contributed by atoms with Crippen LogP contribution >= 0.6 is 24.0 Å². The summed E-state index contributed by atoms with van der Waals surface area (Å²) in [5, 5.41) is 16.5. The van der Waals surface area contributed by atoms with Gasteiger partial charge in [-0.25, -0.2) is 13.1 Å². The standard InChI is InChI=1S/C17H30N4O3S.HI/c1-3-18-17(19-12-8-13-21-25(23,24)4-2)20-14-11-16(22)15-9-6-5-7-10-15;/h5-7,9-10,16,21-22H,3-4,8,11-14H2,1-2H3,(H2,18,19,20);1H. The Hall–Kier alpha value is -0.910. The van der Waals surface area contributed by atoms with Crippen molar-refractivity contribution in [1.82, 2.24) is 15.4 Å². The van der Waals surface area contributed by atoms with E-state index in [0.717, 1.165) is 12.1 Å². The number of nitrogens with zero attached hydrogens (tertiary/aromatic N) is 1. The zero-order chi connectivity index (χ0) is 18.5. The first-order valence-electron chi connectivity index (χ1n) is 8.71. The number of halogens is 1. The van der Waals surface area contributed by atoms with Crippen molar-refractivity contribution in [2.75, 3.05) is 31.9 Å². The van der Waals surface area contributed by atoms with E-state index >= 15 is 0 Å². The summed E-state index contributed by atoms with van der Waals surface area (Å²) >= 11 is 0. The molecule has 1 atom stereocenters. The van der Waals surface area contributed by atoms with Gasteiger partial charge < -0.3 is 15.7 Å². The molecule has 9 heteroatoms. The minimum atomic E-state index is -3.14. The number of benzene rings is 1. The van der Waals surface area contributed by atoms with Crippen molar-refractivity contribution >= 4 is 40.0 Å². The van der Waals surface area contributed by atoms with Crippen LogP contribution in [0, 0.1) is 0 Å². The molecular formula is C17H31IN4O3S. The topological polar surface area (TPSA) is 103 Å². The van der Waals surface area contributed by atoms with E-state index in [4.69, 9.17) is 0 Å². The van der Waals surface area contributed by atoms with Crippen LogP contribution in [-0.4, -0.2) is 51.4 Å². The van der Waals surface area contributed by atoms with E-state index in [0.29, 0.717) is 38.4 Å². The molecular weight excluding hydrogens is 467 g/mol. The molecule has 1 rings (SSSR count). The normalized spacial score (nSPS) is 13.0. The number of nitrogens with one attached hydrogen (secondary N) is 3. The average molecular weight is 498 g/mol. The zero-order valence-electron chi connectivity index (χ0n) is 15.4. The zero-order valence-corrected chi connectivity index (χ0v) is 18.6. The summed E-state index contributed by atoms with van der Waals surface area (Å²) in [5.74, 6) is 0.755. The van der Waals surface area contributed by atoms with Crippen LogP contribution in [0.4, 0.5) is 0 Å². The number of sulfonamides is 1. The molecule has 7 nitrogen and oxygen atoms in total. The Morgan fingerprint density at radius 3 is 2.46 bits per heavy atom. The molecule has 0 fully saturated rings. The van der Waals surface area contributed by atoms with Gasteiger partial charge in [-0.1, -0.05) is 30.3 Å². The van der Waals surface area contributed by atoms with Crippen LogP contribution in [0.15, 0.2) is 35.3 Å². The van der Waals surface area contributed by atoms with E-state index in [2.05, 4.69) is 20.3 Å². The van der Waals surface area contributed by atoms with Crippen LogP contribution in [0.3, 0.4) is 0 Å². The van der Waals surface area contributed by atoms with Crippen LogP contribution in [0.25, 0.3) is 0 Å². The van der Waals surface area contributed by atoms with Crippen molar-refractivity contribution in [2.45, 2.75) is 32.8 Å². The molecule has 0 radical (unpaired) electrons. The van der Waals surface area contributed by atoms with Crippen LogP contribution in [-0.2, 0) is 10.0 Å². The summed E-state index contributed by atoms with van der Waals surface area (Å²) in [6.07, 6.45) is 0.688. The van der Waals surface area contributed by atoms with E-state index in [9.17, 15) is 13.5 Å². The van der Waals surface area contributed by atoms with Gasteiger partial charge in [-0.05, 0) is 32.3 Å². The third kappa shape index (κ3) is 10.9. The first-order chi connectivity index (χ1) is 12.0. The highest BCUT2D eigenvalue weighted by Gasteiger charge is 2.07. The Labute approximate surface area is 174 Å². The molecule has 0 spiro atoms. The molecule has 1 aromatic carbocycles. The summed E-state index contributed by atoms with van der Waals surface area (Å²) in [7, 11) is -3.14. The first-order valence-corrected chi connectivity index (χ1v) is 10.4. The van der Waals surface area contributed by atoms with Gasteiger partial charge >= 0.3 is 0 Å². The van der Waals surface area contributed by atoms with Crippen LogP contribution in [0.5, 0.6) is 0 Å². The van der Waals surface area contributed by atoms with Gasteiger partial charge in [0.25, 0.3) is 0 Å². The van der Waals surface area contributed by atoms with Crippen molar-refractivity contribution in [2.24, 2.45) is 4.99 Å². The van der Waals surface area contributed by atoms with Crippen molar-refractivity contribution < 1.29 is 13.5 Å². The van der Waals surface area contributed by atoms with E-state index in [1.165, 1.54) is 0 Å². The fourth-order valence-corrected chi connectivity index (χ4v) is 2.77. The maximum absolute atomic E-state index is 11.3. The Kier molecular flexibility index (Phi) is 13.7. The van der Waals surface area contributed by atoms with Gasteiger partial charge in [0.15, 0.2) is 5.96 Å². The highest BCUT2D eigenvalue weighted by atomic mass is 127. The number of aliphatic hydroxyl groups excluding tert-OH is 1. The number of rotatable bonds is 11. The summed E-state index contributed by atoms with van der Waals surface area (Å²) in [5.41, 5.74) is 0.898. The largest absolute Gasteiger partial charge is 0.388 e. The molecule has 0 amide bonds. The predicted octanol–water partition coefficient (Wildman–Crippen LogP) is 1.61. The quantitative estimate of drug-likeness (QED) is 0.161. The second kappa shape index (κ2) is 14.2. The van der Waals surface area contributed by atoms with Crippen molar-refractivity contribution in [1.29, 1.82) is 0 Å². The molecule has 150 valence electrons. The Morgan fingerprint density at radius 2 is 1.85 bits per heavy atom. The van der Waals surface area contributed by atoms with Gasteiger partial charge in [0.1, 0.15) is 0 Å². The molecule has 0 saturated heterocycles. The predicted molar refractivity (Wildman–Crippen MR) is 117 cm³/mol. The number of aliphatic hydroxyl groups is 1. The second-order valence-corrected chi connectivity index (χ2v) is 7.65. The molecule has 0 heterocycles. The van der Waals surface area contributed by atoms with Gasteiger partial charge in [-0.15, -0.1) is 24.0 Å². The van der Waals surface area contributed by atoms with Crippen LogP contribution < -0.4 is 15.4 Å². The number of hydrogen-bond donors (Lipinski definition) is 4. The Morgan fingerprint density at radius 1 is 1.15 bits per heavy atom. The molecule has 1 unspecified atom stereocenters. The Bertz CT molecular complexity index is 612.